The molecule has 28 heavy (non-hydrogen) atoms. The molecule has 3 aromatic rings. The minimum Gasteiger partial charge on any atom is -0.337 e. The highest BCUT2D eigenvalue weighted by Crippen LogP contribution is 2.27. The molecular weight excluding hydrogens is 352 g/mol. The monoisotopic (exact) mass is 378 g/mol. The van der Waals surface area contributed by atoms with Crippen LogP contribution in [0.25, 0.3) is 0 Å². The Kier molecular flexibility index (Phi) is 5.23. The SMILES string of the molecule is CC(C)c1cc(C(=O)N2CCCC(c3nccn3Cc3ccccn3)C2)n[nH]1. The van der Waals surface area contributed by atoms with Crippen LogP contribution in [0.2, 0.25) is 0 Å². The number of pyridine rings is 1. The number of aromatic nitrogens is 5. The number of rotatable bonds is 5. The van der Waals surface area contributed by atoms with Crippen LogP contribution in [0.1, 0.15) is 66.2 Å². The molecule has 1 aliphatic rings. The van der Waals surface area contributed by atoms with E-state index in [0.717, 1.165) is 36.6 Å². The van der Waals surface area contributed by atoms with Gasteiger partial charge in [0.05, 0.1) is 12.2 Å². The van der Waals surface area contributed by atoms with E-state index in [-0.39, 0.29) is 11.8 Å². The molecule has 0 saturated carbocycles. The summed E-state index contributed by atoms with van der Waals surface area (Å²) in [6.45, 7) is 6.29. The Balaban J connectivity index is 1.48. The molecule has 0 bridgehead atoms. The standard InChI is InChI=1S/C21H26N6O/c1-15(2)18-12-19(25-24-18)21(28)27-10-5-6-16(13-27)20-23-9-11-26(20)14-17-7-3-4-8-22-17/h3-4,7-9,11-12,15-16H,5-6,10,13-14H2,1-2H3,(H,24,25). The van der Waals surface area contributed by atoms with Crippen molar-refractivity contribution in [1.82, 2.24) is 29.6 Å². The molecular formula is C21H26N6O. The summed E-state index contributed by atoms with van der Waals surface area (Å²) in [5, 5.41) is 7.21. The smallest absolute Gasteiger partial charge is 0.274 e. The van der Waals surface area contributed by atoms with Crippen molar-refractivity contribution in [3.63, 3.8) is 0 Å². The highest BCUT2D eigenvalue weighted by Gasteiger charge is 2.29. The molecule has 7 nitrogen and oxygen atoms in total. The summed E-state index contributed by atoms with van der Waals surface area (Å²) in [7, 11) is 0. The van der Waals surface area contributed by atoms with Gasteiger partial charge in [-0.15, -0.1) is 0 Å². The zero-order valence-corrected chi connectivity index (χ0v) is 16.4. The molecule has 4 rings (SSSR count). The average molecular weight is 378 g/mol. The number of amides is 1. The first-order valence-corrected chi connectivity index (χ1v) is 9.87. The highest BCUT2D eigenvalue weighted by molar-refractivity contribution is 5.92. The number of carbonyl (C=O) groups is 1. The Morgan fingerprint density at radius 3 is 2.93 bits per heavy atom. The lowest BCUT2D eigenvalue weighted by atomic mass is 9.96. The van der Waals surface area contributed by atoms with E-state index in [9.17, 15) is 4.79 Å². The Hall–Kier alpha value is -2.96. The number of imidazole rings is 1. The van der Waals surface area contributed by atoms with Gasteiger partial charge in [0, 0.05) is 43.3 Å². The van der Waals surface area contributed by atoms with Crippen LogP contribution in [0.15, 0.2) is 42.9 Å². The fourth-order valence-corrected chi connectivity index (χ4v) is 3.76. The summed E-state index contributed by atoms with van der Waals surface area (Å²) in [4.78, 5) is 23.9. The van der Waals surface area contributed by atoms with Crippen LogP contribution >= 0.6 is 0 Å². The van der Waals surface area contributed by atoms with Crippen molar-refractivity contribution >= 4 is 5.91 Å². The van der Waals surface area contributed by atoms with Crippen molar-refractivity contribution in [2.45, 2.75) is 45.1 Å². The van der Waals surface area contributed by atoms with E-state index in [0.29, 0.717) is 24.7 Å². The Morgan fingerprint density at radius 1 is 1.29 bits per heavy atom. The number of piperidine rings is 1. The number of carbonyl (C=O) groups excluding carboxylic acids is 1. The topological polar surface area (TPSA) is 79.7 Å². The second kappa shape index (κ2) is 7.96. The van der Waals surface area contributed by atoms with Gasteiger partial charge in [0.1, 0.15) is 11.5 Å². The van der Waals surface area contributed by atoms with E-state index in [1.165, 1.54) is 0 Å². The van der Waals surface area contributed by atoms with Crippen molar-refractivity contribution in [2.75, 3.05) is 13.1 Å². The van der Waals surface area contributed by atoms with Gasteiger partial charge in [0.15, 0.2) is 0 Å². The van der Waals surface area contributed by atoms with Crippen molar-refractivity contribution in [3.05, 3.63) is 65.8 Å². The molecule has 1 aliphatic heterocycles. The van der Waals surface area contributed by atoms with E-state index in [1.807, 2.05) is 47.8 Å². The predicted octanol–water partition coefficient (Wildman–Crippen LogP) is 3.19. The fourth-order valence-electron chi connectivity index (χ4n) is 3.76. The van der Waals surface area contributed by atoms with Crippen LogP contribution in [-0.4, -0.2) is 48.6 Å². The molecule has 0 aliphatic carbocycles. The van der Waals surface area contributed by atoms with Crippen LogP contribution in [-0.2, 0) is 6.54 Å². The Morgan fingerprint density at radius 2 is 2.18 bits per heavy atom. The zero-order valence-electron chi connectivity index (χ0n) is 16.4. The Bertz CT molecular complexity index is 929. The maximum atomic E-state index is 12.9. The molecule has 1 atom stereocenters. The Labute approximate surface area is 164 Å². The van der Waals surface area contributed by atoms with Gasteiger partial charge in [-0.25, -0.2) is 4.98 Å². The van der Waals surface area contributed by atoms with E-state index in [2.05, 4.69) is 38.6 Å². The van der Waals surface area contributed by atoms with Crippen LogP contribution in [0.5, 0.6) is 0 Å². The maximum Gasteiger partial charge on any atom is 0.274 e. The van der Waals surface area contributed by atoms with Gasteiger partial charge in [-0.2, -0.15) is 5.10 Å². The van der Waals surface area contributed by atoms with Crippen LogP contribution in [0.4, 0.5) is 0 Å². The van der Waals surface area contributed by atoms with E-state index < -0.39 is 0 Å². The third kappa shape index (κ3) is 3.83. The van der Waals surface area contributed by atoms with E-state index >= 15 is 0 Å². The lowest BCUT2D eigenvalue weighted by molar-refractivity contribution is 0.0697. The second-order valence-electron chi connectivity index (χ2n) is 7.69. The zero-order chi connectivity index (χ0) is 19.5. The third-order valence-electron chi connectivity index (χ3n) is 5.32. The number of hydrogen-bond acceptors (Lipinski definition) is 4. The van der Waals surface area contributed by atoms with Gasteiger partial charge in [0.2, 0.25) is 0 Å². The predicted molar refractivity (Wildman–Crippen MR) is 106 cm³/mol. The van der Waals surface area contributed by atoms with Crippen molar-refractivity contribution in [3.8, 4) is 0 Å². The molecule has 1 fully saturated rings. The van der Waals surface area contributed by atoms with Crippen molar-refractivity contribution in [1.29, 1.82) is 0 Å². The molecule has 1 N–H and O–H groups in total. The average Bonchev–Trinajstić information content (AvgIpc) is 3.38. The van der Waals surface area contributed by atoms with Crippen molar-refractivity contribution < 1.29 is 4.79 Å². The summed E-state index contributed by atoms with van der Waals surface area (Å²) < 4.78 is 2.15. The maximum absolute atomic E-state index is 12.9. The number of likely N-dealkylation sites (tertiary alicyclic amines) is 1. The van der Waals surface area contributed by atoms with E-state index in [1.54, 1.807) is 0 Å². The molecule has 1 amide bonds. The van der Waals surface area contributed by atoms with Gasteiger partial charge >= 0.3 is 0 Å². The molecule has 3 aromatic heterocycles. The molecule has 0 spiro atoms. The molecule has 1 unspecified atom stereocenters. The highest BCUT2D eigenvalue weighted by atomic mass is 16.2. The van der Waals surface area contributed by atoms with Crippen molar-refractivity contribution in [2.24, 2.45) is 0 Å². The molecule has 7 heteroatoms. The lowest BCUT2D eigenvalue weighted by Gasteiger charge is -2.32. The first-order chi connectivity index (χ1) is 13.6. The lowest BCUT2D eigenvalue weighted by Crippen LogP contribution is -2.40. The third-order valence-corrected chi connectivity index (χ3v) is 5.32. The minimum absolute atomic E-state index is 0.00400. The largest absolute Gasteiger partial charge is 0.337 e. The summed E-state index contributed by atoms with van der Waals surface area (Å²) in [5.74, 6) is 1.56. The van der Waals surface area contributed by atoms with Gasteiger partial charge in [0.25, 0.3) is 5.91 Å². The molecule has 0 radical (unpaired) electrons. The number of H-pyrrole nitrogens is 1. The van der Waals surface area contributed by atoms with Crippen LogP contribution in [0, 0.1) is 0 Å². The van der Waals surface area contributed by atoms with E-state index in [4.69, 9.17) is 0 Å². The summed E-state index contributed by atoms with van der Waals surface area (Å²) in [6.07, 6.45) is 7.63. The van der Waals surface area contributed by atoms with Crippen LogP contribution in [0.3, 0.4) is 0 Å². The van der Waals surface area contributed by atoms with Gasteiger partial charge < -0.3 is 9.47 Å². The summed E-state index contributed by atoms with van der Waals surface area (Å²) in [6, 6.07) is 7.81. The first-order valence-electron chi connectivity index (χ1n) is 9.87. The number of hydrogen-bond donors (Lipinski definition) is 1. The summed E-state index contributed by atoms with van der Waals surface area (Å²) >= 11 is 0. The first kappa shape index (κ1) is 18.4. The minimum atomic E-state index is -0.00400. The van der Waals surface area contributed by atoms with Gasteiger partial charge in [-0.05, 0) is 37.0 Å². The molecule has 146 valence electrons. The molecule has 0 aromatic carbocycles. The van der Waals surface area contributed by atoms with Gasteiger partial charge in [-0.1, -0.05) is 19.9 Å². The normalized spacial score (nSPS) is 17.2. The number of nitrogens with zero attached hydrogens (tertiary/aromatic N) is 5. The number of nitrogens with one attached hydrogen (secondary N) is 1. The number of aromatic amines is 1. The van der Waals surface area contributed by atoms with Crippen LogP contribution < -0.4 is 0 Å². The molecule has 4 heterocycles. The second-order valence-corrected chi connectivity index (χ2v) is 7.69. The van der Waals surface area contributed by atoms with Gasteiger partial charge in [-0.3, -0.25) is 14.9 Å². The quantitative estimate of drug-likeness (QED) is 0.739. The fraction of sp³-hybridized carbons (Fsp3) is 0.429. The molecule has 1 saturated heterocycles. The summed E-state index contributed by atoms with van der Waals surface area (Å²) in [5.41, 5.74) is 2.49.